The van der Waals surface area contributed by atoms with Crippen LogP contribution >= 0.6 is 23.1 Å². The van der Waals surface area contributed by atoms with Gasteiger partial charge in [0.15, 0.2) is 4.34 Å². The van der Waals surface area contributed by atoms with Crippen LogP contribution in [0.15, 0.2) is 20.3 Å². The zero-order valence-electron chi connectivity index (χ0n) is 10.3. The van der Waals surface area contributed by atoms with Gasteiger partial charge >= 0.3 is 0 Å². The van der Waals surface area contributed by atoms with E-state index in [1.807, 2.05) is 19.2 Å². The third-order valence-corrected chi connectivity index (χ3v) is 4.31. The molecule has 0 unspecified atom stereocenters. The molecule has 0 fully saturated rings. The first-order valence-electron chi connectivity index (χ1n) is 5.37. The van der Waals surface area contributed by atoms with Crippen LogP contribution in [0.5, 0.6) is 0 Å². The number of thiazole rings is 1. The van der Waals surface area contributed by atoms with Crippen molar-refractivity contribution in [1.82, 2.24) is 10.1 Å². The fourth-order valence-electron chi connectivity index (χ4n) is 1.24. The fourth-order valence-corrected chi connectivity index (χ4v) is 3.22. The van der Waals surface area contributed by atoms with E-state index >= 15 is 0 Å². The van der Waals surface area contributed by atoms with Crippen LogP contribution in [0, 0.1) is 13.8 Å². The van der Waals surface area contributed by atoms with Crippen molar-refractivity contribution in [2.45, 2.75) is 30.4 Å². The number of hydrogen-bond donors (Lipinski definition) is 1. The van der Waals surface area contributed by atoms with Crippen molar-refractivity contribution in [1.29, 1.82) is 0 Å². The van der Waals surface area contributed by atoms with Crippen LogP contribution < -0.4 is 5.32 Å². The predicted octanol–water partition coefficient (Wildman–Crippen LogP) is 2.87. The van der Waals surface area contributed by atoms with Gasteiger partial charge in [0, 0.05) is 17.1 Å². The van der Waals surface area contributed by atoms with Crippen LogP contribution in [0.1, 0.15) is 18.3 Å². The molecule has 0 aliphatic rings. The second-order valence-electron chi connectivity index (χ2n) is 3.84. The summed E-state index contributed by atoms with van der Waals surface area (Å²) in [5.41, 5.74) is 1.71. The zero-order valence-corrected chi connectivity index (χ0v) is 11.9. The number of hydrogen-bond acceptors (Lipinski definition) is 6. The molecule has 5 nitrogen and oxygen atoms in total. The van der Waals surface area contributed by atoms with E-state index in [1.54, 1.807) is 24.3 Å². The summed E-state index contributed by atoms with van der Waals surface area (Å²) < 4.78 is 5.83. The smallest absolute Gasteiger partial charge is 0.240 e. The van der Waals surface area contributed by atoms with E-state index in [1.165, 1.54) is 11.8 Å². The summed E-state index contributed by atoms with van der Waals surface area (Å²) in [6, 6.07) is 1.68. The van der Waals surface area contributed by atoms with Crippen molar-refractivity contribution in [3.05, 3.63) is 22.8 Å². The molecule has 1 N–H and O–H groups in total. The molecular weight excluding hydrogens is 270 g/mol. The lowest BCUT2D eigenvalue weighted by Gasteiger charge is -2.07. The number of aromatic nitrogens is 2. The second kappa shape index (κ2) is 5.53. The summed E-state index contributed by atoms with van der Waals surface area (Å²) in [7, 11) is 0. The van der Waals surface area contributed by atoms with Gasteiger partial charge in [-0.05, 0) is 20.8 Å². The molecule has 0 aliphatic heterocycles. The summed E-state index contributed by atoms with van der Waals surface area (Å²) in [5, 5.41) is 8.12. The second-order valence-corrected chi connectivity index (χ2v) is 6.28. The number of anilines is 1. The topological polar surface area (TPSA) is 68.0 Å². The summed E-state index contributed by atoms with van der Waals surface area (Å²) in [6.45, 7) is 5.57. The Kier molecular flexibility index (Phi) is 4.03. The largest absolute Gasteiger partial charge is 0.338 e. The van der Waals surface area contributed by atoms with E-state index in [4.69, 9.17) is 4.52 Å². The van der Waals surface area contributed by atoms with E-state index in [-0.39, 0.29) is 11.2 Å². The number of carbonyl (C=O) groups excluding carboxylic acids is 1. The van der Waals surface area contributed by atoms with Crippen LogP contribution in [-0.4, -0.2) is 21.3 Å². The van der Waals surface area contributed by atoms with Crippen LogP contribution in [-0.2, 0) is 4.79 Å². The van der Waals surface area contributed by atoms with E-state index in [0.717, 1.165) is 15.7 Å². The first-order chi connectivity index (χ1) is 8.54. The molecule has 1 atom stereocenters. The fraction of sp³-hybridized carbons (Fsp3) is 0.364. The Hall–Kier alpha value is -1.34. The van der Waals surface area contributed by atoms with Crippen molar-refractivity contribution in [3.8, 4) is 0 Å². The van der Waals surface area contributed by atoms with Crippen molar-refractivity contribution in [3.63, 3.8) is 0 Å². The maximum Gasteiger partial charge on any atom is 0.240 e. The Bertz CT molecular complexity index is 550. The molecule has 7 heteroatoms. The predicted molar refractivity (Wildman–Crippen MR) is 72.0 cm³/mol. The van der Waals surface area contributed by atoms with Crippen LogP contribution in [0.25, 0.3) is 0 Å². The normalized spacial score (nSPS) is 12.4. The molecule has 18 heavy (non-hydrogen) atoms. The third kappa shape index (κ3) is 3.33. The highest BCUT2D eigenvalue weighted by Gasteiger charge is 2.17. The molecular formula is C11H13N3O2S2. The first-order valence-corrected chi connectivity index (χ1v) is 7.13. The quantitative estimate of drug-likeness (QED) is 0.874. The number of rotatable bonds is 4. The minimum absolute atomic E-state index is 0.121. The van der Waals surface area contributed by atoms with Gasteiger partial charge in [-0.15, -0.1) is 11.3 Å². The van der Waals surface area contributed by atoms with Crippen molar-refractivity contribution in [2.24, 2.45) is 0 Å². The van der Waals surface area contributed by atoms with Gasteiger partial charge < -0.3 is 4.52 Å². The Balaban J connectivity index is 1.92. The Morgan fingerprint density at radius 2 is 2.28 bits per heavy atom. The van der Waals surface area contributed by atoms with Gasteiger partial charge in [-0.3, -0.25) is 10.1 Å². The molecule has 1 amide bonds. The van der Waals surface area contributed by atoms with Crippen LogP contribution in [0.4, 0.5) is 5.88 Å². The SMILES string of the molecule is Cc1cc(NC(=O)[C@@H](C)Sc2nc(C)cs2)on1. The molecule has 0 saturated carbocycles. The van der Waals surface area contributed by atoms with Crippen molar-refractivity contribution >= 4 is 34.9 Å². The molecule has 96 valence electrons. The van der Waals surface area contributed by atoms with Crippen LogP contribution in [0.3, 0.4) is 0 Å². The Morgan fingerprint density at radius 3 is 2.83 bits per heavy atom. The van der Waals surface area contributed by atoms with Gasteiger partial charge in [0.05, 0.1) is 10.9 Å². The highest BCUT2D eigenvalue weighted by Crippen LogP contribution is 2.27. The van der Waals surface area contributed by atoms with E-state index in [0.29, 0.717) is 5.88 Å². The zero-order chi connectivity index (χ0) is 13.1. The number of carbonyl (C=O) groups is 1. The average molecular weight is 283 g/mol. The molecule has 2 heterocycles. The Morgan fingerprint density at radius 1 is 1.50 bits per heavy atom. The van der Waals surface area contributed by atoms with Gasteiger partial charge in [-0.2, -0.15) is 0 Å². The lowest BCUT2D eigenvalue weighted by Crippen LogP contribution is -2.22. The molecule has 0 aliphatic carbocycles. The molecule has 0 bridgehead atoms. The maximum absolute atomic E-state index is 11.9. The van der Waals surface area contributed by atoms with Gasteiger partial charge in [-0.25, -0.2) is 4.98 Å². The standard InChI is InChI=1S/C11H13N3O2S2/c1-6-4-9(16-14-6)13-10(15)8(3)18-11-12-7(2)5-17-11/h4-5,8H,1-3H3,(H,13,15)/t8-/m1/s1. The van der Waals surface area contributed by atoms with E-state index in [2.05, 4.69) is 15.5 Å². The molecule has 0 radical (unpaired) electrons. The summed E-state index contributed by atoms with van der Waals surface area (Å²) in [6.07, 6.45) is 0. The summed E-state index contributed by atoms with van der Waals surface area (Å²) in [5.74, 6) is 0.254. The number of aryl methyl sites for hydroxylation is 2. The maximum atomic E-state index is 11.9. The van der Waals surface area contributed by atoms with E-state index in [9.17, 15) is 4.79 Å². The highest BCUT2D eigenvalue weighted by molar-refractivity contribution is 8.02. The third-order valence-electron chi connectivity index (χ3n) is 2.12. The molecule has 2 aromatic heterocycles. The number of nitrogens with zero attached hydrogens (tertiary/aromatic N) is 2. The molecule has 2 rings (SSSR count). The Labute approximate surface area is 113 Å². The number of nitrogens with one attached hydrogen (secondary N) is 1. The van der Waals surface area contributed by atoms with Gasteiger partial charge in [0.1, 0.15) is 0 Å². The lowest BCUT2D eigenvalue weighted by molar-refractivity contribution is -0.115. The van der Waals surface area contributed by atoms with Gasteiger partial charge in [-0.1, -0.05) is 16.9 Å². The minimum Gasteiger partial charge on any atom is -0.338 e. The van der Waals surface area contributed by atoms with Gasteiger partial charge in [0.2, 0.25) is 11.8 Å². The summed E-state index contributed by atoms with van der Waals surface area (Å²) in [4.78, 5) is 16.2. The van der Waals surface area contributed by atoms with Gasteiger partial charge in [0.25, 0.3) is 0 Å². The number of thioether (sulfide) groups is 1. The van der Waals surface area contributed by atoms with E-state index < -0.39 is 0 Å². The molecule has 0 saturated heterocycles. The van der Waals surface area contributed by atoms with Crippen molar-refractivity contribution in [2.75, 3.05) is 5.32 Å². The molecule has 0 spiro atoms. The van der Waals surface area contributed by atoms with Crippen molar-refractivity contribution < 1.29 is 9.32 Å². The summed E-state index contributed by atoms with van der Waals surface area (Å²) >= 11 is 2.97. The average Bonchev–Trinajstić information content (AvgIpc) is 2.88. The van der Waals surface area contributed by atoms with Crippen LogP contribution in [0.2, 0.25) is 0 Å². The first kappa shape index (κ1) is 13.1. The monoisotopic (exact) mass is 283 g/mol. The molecule has 0 aromatic carbocycles. The lowest BCUT2D eigenvalue weighted by atomic mass is 10.4. The minimum atomic E-state index is -0.235. The highest BCUT2D eigenvalue weighted by atomic mass is 32.2. The molecule has 2 aromatic rings. The number of amides is 1.